The molecule has 1 saturated heterocycles. The van der Waals surface area contributed by atoms with Crippen LogP contribution in [0.4, 0.5) is 10.5 Å². The number of hydrogen-bond donors (Lipinski definition) is 2. The van der Waals surface area contributed by atoms with Crippen molar-refractivity contribution in [3.05, 3.63) is 35.2 Å². The smallest absolute Gasteiger partial charge is 0.308 e. The predicted molar refractivity (Wildman–Crippen MR) is 64.9 cm³/mol. The quantitative estimate of drug-likeness (QED) is 0.781. The van der Waals surface area contributed by atoms with E-state index in [0.29, 0.717) is 23.3 Å². The third kappa shape index (κ3) is 2.91. The SMILES string of the molecule is O=C(Nc1ccccc1)NC1CCCC(=O)[N+]1=O. The molecule has 1 fully saturated rings. The van der Waals surface area contributed by atoms with Crippen LogP contribution in [0, 0.1) is 4.91 Å². The van der Waals surface area contributed by atoms with Crippen LogP contribution in [0.3, 0.4) is 0 Å². The van der Waals surface area contributed by atoms with Crippen LogP contribution < -0.4 is 10.6 Å². The summed E-state index contributed by atoms with van der Waals surface area (Å²) in [5, 5.41) is 5.09. The molecule has 6 heteroatoms. The standard InChI is InChI=1S/C12H13N3O3/c16-11-8-4-7-10(15(11)18)14-12(17)13-9-5-2-1-3-6-9/h1-3,5-6,10H,4,7-8H2,(H-,13,14,17)/p+1. The Morgan fingerprint density at radius 3 is 2.72 bits per heavy atom. The number of anilines is 1. The molecule has 0 bridgehead atoms. The van der Waals surface area contributed by atoms with Gasteiger partial charge in [-0.2, -0.15) is 0 Å². The fourth-order valence-corrected chi connectivity index (χ4v) is 1.82. The molecule has 6 nitrogen and oxygen atoms in total. The highest BCUT2D eigenvalue weighted by atomic mass is 16.3. The molecule has 1 unspecified atom stereocenters. The van der Waals surface area contributed by atoms with Crippen molar-refractivity contribution in [2.24, 2.45) is 0 Å². The van der Waals surface area contributed by atoms with Gasteiger partial charge in [-0.05, 0) is 18.6 Å². The molecule has 0 radical (unpaired) electrons. The molecule has 0 aliphatic carbocycles. The maximum atomic E-state index is 11.6. The van der Waals surface area contributed by atoms with E-state index < -0.39 is 18.1 Å². The fourth-order valence-electron chi connectivity index (χ4n) is 1.82. The second kappa shape index (κ2) is 5.39. The number of carbonyl (C=O) groups excluding carboxylic acids is 2. The largest absolute Gasteiger partial charge is 0.435 e. The van der Waals surface area contributed by atoms with Crippen LogP contribution in [0.5, 0.6) is 0 Å². The van der Waals surface area contributed by atoms with E-state index in [1.807, 2.05) is 6.07 Å². The highest BCUT2D eigenvalue weighted by molar-refractivity contribution is 5.89. The van der Waals surface area contributed by atoms with Gasteiger partial charge in [-0.3, -0.25) is 5.32 Å². The fraction of sp³-hybridized carbons (Fsp3) is 0.333. The van der Waals surface area contributed by atoms with Gasteiger partial charge in [0.15, 0.2) is 0 Å². The summed E-state index contributed by atoms with van der Waals surface area (Å²) in [4.78, 5) is 34.3. The number of urea groups is 1. The van der Waals surface area contributed by atoms with Crippen LogP contribution in [0.25, 0.3) is 0 Å². The molecule has 1 aromatic carbocycles. The molecule has 1 aliphatic heterocycles. The second-order valence-electron chi connectivity index (χ2n) is 4.09. The average Bonchev–Trinajstić information content (AvgIpc) is 2.36. The summed E-state index contributed by atoms with van der Waals surface area (Å²) in [7, 11) is 0. The van der Waals surface area contributed by atoms with Crippen molar-refractivity contribution in [2.45, 2.75) is 25.4 Å². The van der Waals surface area contributed by atoms with Gasteiger partial charge < -0.3 is 5.32 Å². The van der Waals surface area contributed by atoms with Crippen LogP contribution in [-0.2, 0) is 4.79 Å². The van der Waals surface area contributed by atoms with Crippen molar-refractivity contribution >= 4 is 17.6 Å². The zero-order chi connectivity index (χ0) is 13.0. The van der Waals surface area contributed by atoms with Crippen LogP contribution in [0.1, 0.15) is 19.3 Å². The monoisotopic (exact) mass is 248 g/mol. The van der Waals surface area contributed by atoms with Crippen molar-refractivity contribution in [1.82, 2.24) is 5.32 Å². The van der Waals surface area contributed by atoms with Crippen LogP contribution in [0.2, 0.25) is 0 Å². The van der Waals surface area contributed by atoms with Crippen LogP contribution >= 0.6 is 0 Å². The van der Waals surface area contributed by atoms with E-state index >= 15 is 0 Å². The minimum absolute atomic E-state index is 0.252. The summed E-state index contributed by atoms with van der Waals surface area (Å²) >= 11 is 0. The molecule has 0 spiro atoms. The number of rotatable bonds is 2. The second-order valence-corrected chi connectivity index (χ2v) is 4.09. The molecule has 1 atom stereocenters. The van der Waals surface area contributed by atoms with Gasteiger partial charge in [0.05, 0.1) is 11.2 Å². The van der Waals surface area contributed by atoms with Crippen molar-refractivity contribution in [1.29, 1.82) is 0 Å². The van der Waals surface area contributed by atoms with Crippen LogP contribution in [0.15, 0.2) is 30.3 Å². The number of benzene rings is 1. The normalized spacial score (nSPS) is 19.4. The molecule has 3 amide bonds. The van der Waals surface area contributed by atoms with Crippen molar-refractivity contribution in [2.75, 3.05) is 5.32 Å². The lowest BCUT2D eigenvalue weighted by molar-refractivity contribution is -0.520. The first-order valence-electron chi connectivity index (χ1n) is 5.78. The first kappa shape index (κ1) is 12.2. The molecule has 2 N–H and O–H groups in total. The van der Waals surface area contributed by atoms with Gasteiger partial charge in [0.2, 0.25) is 0 Å². The summed E-state index contributed by atoms with van der Waals surface area (Å²) < 4.78 is 0.341. The van der Waals surface area contributed by atoms with Crippen LogP contribution in [-0.4, -0.2) is 22.9 Å². The highest BCUT2D eigenvalue weighted by Gasteiger charge is 2.38. The molecular weight excluding hydrogens is 234 g/mol. The number of amides is 3. The minimum Gasteiger partial charge on any atom is -0.308 e. The van der Waals surface area contributed by atoms with E-state index in [1.54, 1.807) is 24.3 Å². The highest BCUT2D eigenvalue weighted by Crippen LogP contribution is 2.12. The molecule has 94 valence electrons. The number of piperidine rings is 1. The van der Waals surface area contributed by atoms with E-state index in [0.717, 1.165) is 0 Å². The lowest BCUT2D eigenvalue weighted by atomic mass is 10.1. The zero-order valence-electron chi connectivity index (χ0n) is 9.76. The third-order valence-electron chi connectivity index (χ3n) is 2.73. The van der Waals surface area contributed by atoms with E-state index in [2.05, 4.69) is 10.6 Å². The Labute approximate surface area is 104 Å². The van der Waals surface area contributed by atoms with Gasteiger partial charge in [0.1, 0.15) is 0 Å². The first-order chi connectivity index (χ1) is 8.66. The van der Waals surface area contributed by atoms with Gasteiger partial charge in [-0.15, -0.1) is 0 Å². The number of carbonyl (C=O) groups is 2. The average molecular weight is 248 g/mol. The van der Waals surface area contributed by atoms with E-state index in [4.69, 9.17) is 0 Å². The number of nitroso groups, excluding NO2 is 1. The third-order valence-corrected chi connectivity index (χ3v) is 2.73. The number of nitrogens with one attached hydrogen (secondary N) is 2. The van der Waals surface area contributed by atoms with Crippen molar-refractivity contribution in [3.8, 4) is 0 Å². The summed E-state index contributed by atoms with van der Waals surface area (Å²) in [5.41, 5.74) is 0.634. The van der Waals surface area contributed by atoms with Gasteiger partial charge in [-0.25, -0.2) is 9.59 Å². The van der Waals surface area contributed by atoms with Gasteiger partial charge in [0, 0.05) is 17.0 Å². The molecular formula is C12H14N3O3+. The lowest BCUT2D eigenvalue weighted by Gasteiger charge is -2.14. The van der Waals surface area contributed by atoms with E-state index in [-0.39, 0.29) is 6.42 Å². The molecule has 0 aromatic heterocycles. The van der Waals surface area contributed by atoms with Gasteiger partial charge in [-0.1, -0.05) is 18.2 Å². The predicted octanol–water partition coefficient (Wildman–Crippen LogP) is 1.62. The Morgan fingerprint density at radius 1 is 1.28 bits per heavy atom. The molecule has 1 aliphatic rings. The molecule has 0 saturated carbocycles. The summed E-state index contributed by atoms with van der Waals surface area (Å²) in [5.74, 6) is -0.480. The van der Waals surface area contributed by atoms with E-state index in [1.165, 1.54) is 0 Å². The summed E-state index contributed by atoms with van der Waals surface area (Å²) in [6, 6.07) is 8.41. The lowest BCUT2D eigenvalue weighted by Crippen LogP contribution is -2.48. The van der Waals surface area contributed by atoms with Crippen molar-refractivity contribution in [3.63, 3.8) is 0 Å². The Kier molecular flexibility index (Phi) is 3.66. The minimum atomic E-state index is -0.769. The number of para-hydroxylation sites is 1. The summed E-state index contributed by atoms with van der Waals surface area (Å²) in [6.45, 7) is 0. The number of nitrogens with zero attached hydrogens (tertiary/aromatic N) is 1. The first-order valence-corrected chi connectivity index (χ1v) is 5.78. The molecule has 18 heavy (non-hydrogen) atoms. The summed E-state index contributed by atoms with van der Waals surface area (Å²) in [6.07, 6.45) is 0.586. The maximum Gasteiger partial charge on any atom is 0.435 e. The van der Waals surface area contributed by atoms with Crippen molar-refractivity contribution < 1.29 is 14.3 Å². The zero-order valence-corrected chi connectivity index (χ0v) is 9.76. The maximum absolute atomic E-state index is 11.6. The van der Waals surface area contributed by atoms with Gasteiger partial charge >= 0.3 is 11.9 Å². The molecule has 1 heterocycles. The van der Waals surface area contributed by atoms with E-state index in [9.17, 15) is 14.5 Å². The Bertz CT molecular complexity index is 473. The number of hydrogen-bond acceptors (Lipinski definition) is 3. The Morgan fingerprint density at radius 2 is 2.00 bits per heavy atom. The molecule has 1 aromatic rings. The van der Waals surface area contributed by atoms with Gasteiger partial charge in [0.25, 0.3) is 6.17 Å². The molecule has 2 rings (SSSR count). The topological polar surface area (TPSA) is 78.3 Å². The Hall–Kier alpha value is -2.24. The Balaban J connectivity index is 1.91.